The molecule has 0 bridgehead atoms. The Balaban J connectivity index is 1.05. The number of fused-ring (bicyclic) bond motifs is 3. The van der Waals surface area contributed by atoms with E-state index in [9.17, 15) is 57.5 Å². The fourth-order valence-electron chi connectivity index (χ4n) is 12.1. The number of hydrogen-bond donors (Lipinski definition) is 14. The summed E-state index contributed by atoms with van der Waals surface area (Å²) in [5.41, 5.74) is 13.9. The molecule has 1 aromatic heterocycles. The first-order chi connectivity index (χ1) is 46.7. The van der Waals surface area contributed by atoms with E-state index in [1.54, 1.807) is 47.8 Å². The number of nitrogens with zero attached hydrogens (tertiary/aromatic N) is 1. The quantitative estimate of drug-likeness (QED) is 0.0177. The molecule has 99 heavy (non-hydrogen) atoms. The Labute approximate surface area is 582 Å². The first kappa shape index (κ1) is 77.9. The minimum atomic E-state index is -5.47. The number of carbonyl (C=O) groups excluding carboxylic acids is 12. The van der Waals surface area contributed by atoms with Gasteiger partial charge in [-0.1, -0.05) is 93.9 Å². The average Bonchev–Trinajstić information content (AvgIpc) is 1.79. The minimum absolute atomic E-state index is 0.0939. The van der Waals surface area contributed by atoms with Crippen LogP contribution in [0.15, 0.2) is 78.2 Å². The summed E-state index contributed by atoms with van der Waals surface area (Å²) in [6.07, 6.45) is 0.739. The van der Waals surface area contributed by atoms with Gasteiger partial charge in [-0.15, -0.1) is 11.3 Å². The monoisotopic (exact) mass is 1430 g/mol. The molecule has 4 heterocycles. The Morgan fingerprint density at radius 3 is 1.99 bits per heavy atom. The molecule has 7 rings (SSSR count). The van der Waals surface area contributed by atoms with E-state index in [0.29, 0.717) is 59.7 Å². The van der Waals surface area contributed by atoms with Crippen LogP contribution in [0.5, 0.6) is 0 Å². The lowest BCUT2D eigenvalue weighted by Crippen LogP contribution is -2.63. The highest BCUT2D eigenvalue weighted by molar-refractivity contribution is 8.00. The van der Waals surface area contributed by atoms with Crippen molar-refractivity contribution < 1.29 is 76.4 Å². The minimum Gasteiger partial charge on any atom is -0.370 e. The Hall–Kier alpha value is -8.48. The third-order valence-electron chi connectivity index (χ3n) is 17.5. The summed E-state index contributed by atoms with van der Waals surface area (Å²) < 4.78 is 18.6. The van der Waals surface area contributed by atoms with Crippen LogP contribution in [0.25, 0.3) is 10.1 Å². The lowest BCUT2D eigenvalue weighted by Gasteiger charge is -2.39. The van der Waals surface area contributed by atoms with Crippen LogP contribution in [0.3, 0.4) is 0 Å². The smallest absolute Gasteiger partial charge is 0.370 e. The maximum atomic E-state index is 15.5. The largest absolute Gasteiger partial charge is 0.469 e. The third-order valence-corrected chi connectivity index (χ3v) is 20.7. The topological polar surface area (TPSA) is 447 Å². The molecule has 29 nitrogen and oxygen atoms in total. The van der Waals surface area contributed by atoms with Gasteiger partial charge in [-0.2, -0.15) is 11.8 Å². The highest BCUT2D eigenvalue weighted by Crippen LogP contribution is 2.39. The van der Waals surface area contributed by atoms with E-state index in [4.69, 9.17) is 16.0 Å². The van der Waals surface area contributed by atoms with Crippen LogP contribution in [-0.4, -0.2) is 170 Å². The van der Waals surface area contributed by atoms with E-state index in [1.807, 2.05) is 62.9 Å². The summed E-state index contributed by atoms with van der Waals surface area (Å²) in [5.74, 6) is -7.92. The molecule has 12 atom stereocenters. The molecule has 3 aromatic carbocycles. The van der Waals surface area contributed by atoms with Gasteiger partial charge in [0.25, 0.3) is 0 Å². The van der Waals surface area contributed by atoms with Gasteiger partial charge in [0.15, 0.2) is 0 Å². The molecule has 0 spiro atoms. The molecular weight excluding hydrogens is 1340 g/mol. The van der Waals surface area contributed by atoms with E-state index in [1.165, 1.54) is 32.1 Å². The maximum Gasteiger partial charge on any atom is 0.469 e. The second kappa shape index (κ2) is 35.5. The Bertz CT molecular complexity index is 3660. The first-order valence-electron chi connectivity index (χ1n) is 33.0. The van der Waals surface area contributed by atoms with Crippen molar-refractivity contribution in [3.63, 3.8) is 0 Å². The van der Waals surface area contributed by atoms with Gasteiger partial charge in [0.1, 0.15) is 48.3 Å². The number of urea groups is 1. The van der Waals surface area contributed by atoms with Gasteiger partial charge in [-0.25, -0.2) is 9.36 Å². The van der Waals surface area contributed by atoms with E-state index in [2.05, 4.69) is 53.2 Å². The molecule has 2 fully saturated rings. The molecule has 0 unspecified atom stereocenters. The van der Waals surface area contributed by atoms with Gasteiger partial charge in [0.05, 0.1) is 18.2 Å². The van der Waals surface area contributed by atoms with Gasteiger partial charge in [0.2, 0.25) is 65.0 Å². The number of unbranched alkanes of at least 4 members (excludes halogenated alkanes) is 2. The summed E-state index contributed by atoms with van der Waals surface area (Å²) in [6, 6.07) is 9.56. The Morgan fingerprint density at radius 1 is 0.697 bits per heavy atom. The zero-order valence-corrected chi connectivity index (χ0v) is 59.0. The predicted molar refractivity (Wildman–Crippen MR) is 370 cm³/mol. The third kappa shape index (κ3) is 23.0. The summed E-state index contributed by atoms with van der Waals surface area (Å²) >= 11 is 3.19. The van der Waals surface area contributed by atoms with E-state index in [-0.39, 0.29) is 74.5 Å². The second-order valence-corrected chi connectivity index (χ2v) is 29.7. The molecule has 4 aromatic rings. The highest BCUT2D eigenvalue weighted by atomic mass is 32.2. The highest BCUT2D eigenvalue weighted by Gasteiger charge is 2.45. The van der Waals surface area contributed by atoms with Crippen molar-refractivity contribution in [3.05, 3.63) is 106 Å². The number of nitrogens with one attached hydrogen (secondary N) is 10. The number of thioether (sulfide) groups is 1. The summed E-state index contributed by atoms with van der Waals surface area (Å²) in [4.78, 5) is 184. The van der Waals surface area contributed by atoms with Crippen LogP contribution in [0.4, 0.5) is 4.79 Å². The SMILES string of the molecule is CC(=O)N[C@@H](CCCCNC(=O)CCCC[C@@H]1SC[C@@H]2NC(=O)N[C@@H]21)C(=O)N[C@@H](C)C(=O)N[C@@H](C)C(=O)N[C@@H](Cc1ccc(C(C)(C)C)cc1)C(=O)N[C@H](C(=O)N1Cc2ccccc2C[C@H]1C(=O)N[C@@H](Cc1csc2ccccc12)C(=O)N[C@@H](CCC(N)=O)C(N)=O)[C@H](C)OP(=O)(O)O. The normalized spacial score (nSPS) is 18.9. The van der Waals surface area contributed by atoms with Crippen molar-refractivity contribution in [2.75, 3.05) is 12.3 Å². The van der Waals surface area contributed by atoms with Gasteiger partial charge < -0.3 is 79.3 Å². The predicted octanol–water partition coefficient (Wildman–Crippen LogP) is 1.65. The number of primary amides is 2. The summed E-state index contributed by atoms with van der Waals surface area (Å²) in [7, 11) is -5.47. The molecule has 13 amide bonds. The van der Waals surface area contributed by atoms with E-state index >= 15 is 14.4 Å². The maximum absolute atomic E-state index is 15.5. The van der Waals surface area contributed by atoms with E-state index < -0.39 is 121 Å². The summed E-state index contributed by atoms with van der Waals surface area (Å²) in [6.45, 7) is 11.0. The van der Waals surface area contributed by atoms with Crippen molar-refractivity contribution in [2.45, 2.75) is 209 Å². The van der Waals surface area contributed by atoms with Crippen LogP contribution in [0, 0.1) is 0 Å². The van der Waals surface area contributed by atoms with Crippen LogP contribution in [-0.2, 0) is 93.1 Å². The van der Waals surface area contributed by atoms with Crippen molar-refractivity contribution in [2.24, 2.45) is 11.5 Å². The number of phosphoric acid groups is 1. The molecule has 32 heteroatoms. The van der Waals surface area contributed by atoms with Crippen LogP contribution in [0.2, 0.25) is 0 Å². The lowest BCUT2D eigenvalue weighted by atomic mass is 9.86. The van der Waals surface area contributed by atoms with Crippen molar-refractivity contribution in [3.8, 4) is 0 Å². The number of phosphoric ester groups is 1. The standard InChI is InChI=1S/C67H92N13O16PS2/c1-36(72-61(87)47(73-39(4)81)19-14-15-29-70-55(83)22-13-12-21-53-57-50(35-99-53)77-66(92)79-57)59(85)71-37(2)60(86)75-48(30-40-23-25-44(26-24-40)67(5,6)7)63(89)78-56(38(3)96-97(93,94)95)65(91)80-33-42-17-9-8-16-41(42)32-51(80)64(90)76-49(31-43-34-98-52-20-11-10-18-45(43)52)62(88)74-46(58(69)84)27-28-54(68)82/h8-11,16-18,20,23-26,34,36-38,46-51,53,56-57H,12-15,19,21-22,27-33,35H2,1-7H3,(H2,68,82)(H2,69,84)(H,70,83)(H,71,85)(H,72,87)(H,73,81)(H,74,88)(H,75,86)(H,76,90)(H,78,89)(H2,77,79,92)(H2,93,94,95)/t36-,37-,38-,46-,47-,48-,49-,50-,51-,53-,56-,57-/m0/s1. The summed E-state index contributed by atoms with van der Waals surface area (Å²) in [5, 5.41) is 29.8. The van der Waals surface area contributed by atoms with Gasteiger partial charge in [-0.05, 0) is 109 Å². The number of amides is 13. The number of nitrogens with two attached hydrogens (primary N) is 2. The molecule has 3 aliphatic heterocycles. The molecule has 538 valence electrons. The molecule has 0 aliphatic carbocycles. The first-order valence-corrected chi connectivity index (χ1v) is 36.5. The Kier molecular flexibility index (Phi) is 27.9. The van der Waals surface area contributed by atoms with Crippen molar-refractivity contribution in [1.29, 1.82) is 0 Å². The number of carbonyl (C=O) groups is 12. The number of benzene rings is 3. The van der Waals surface area contributed by atoms with Crippen LogP contribution < -0.4 is 64.6 Å². The van der Waals surface area contributed by atoms with Gasteiger partial charge in [-0.3, -0.25) is 57.3 Å². The molecular formula is C67H92N13O16PS2. The van der Waals surface area contributed by atoms with Crippen LogP contribution >= 0.6 is 30.9 Å². The number of rotatable bonds is 35. The average molecular weight is 1430 g/mol. The van der Waals surface area contributed by atoms with Gasteiger partial charge in [0, 0.05) is 67.8 Å². The van der Waals surface area contributed by atoms with Crippen molar-refractivity contribution in [1.82, 2.24) is 58.1 Å². The molecule has 0 saturated carbocycles. The molecule has 0 radical (unpaired) electrons. The zero-order valence-electron chi connectivity index (χ0n) is 56.5. The van der Waals surface area contributed by atoms with Crippen molar-refractivity contribution >= 4 is 112 Å². The fraction of sp³-hybridized carbons (Fsp3) is 0.522. The van der Waals surface area contributed by atoms with Gasteiger partial charge >= 0.3 is 13.9 Å². The number of thiophene rings is 1. The number of hydrogen-bond acceptors (Lipinski definition) is 16. The second-order valence-electron chi connectivity index (χ2n) is 26.4. The van der Waals surface area contributed by atoms with E-state index in [0.717, 1.165) is 46.1 Å². The Morgan fingerprint density at radius 2 is 1.32 bits per heavy atom. The van der Waals surface area contributed by atoms with Crippen LogP contribution in [0.1, 0.15) is 134 Å². The molecule has 16 N–H and O–H groups in total. The molecule has 3 aliphatic rings. The molecule has 2 saturated heterocycles. The fourth-order valence-corrected chi connectivity index (χ4v) is 15.1. The lowest BCUT2D eigenvalue weighted by molar-refractivity contribution is -0.147. The zero-order chi connectivity index (χ0) is 72.5.